The fraction of sp³-hybridized carbons (Fsp3) is 0.455. The van der Waals surface area contributed by atoms with Crippen LogP contribution in [0.4, 0.5) is 5.69 Å². The van der Waals surface area contributed by atoms with E-state index < -0.39 is 0 Å². The maximum atomic E-state index is 12.3. The molecule has 0 unspecified atom stereocenters. The van der Waals surface area contributed by atoms with E-state index in [1.54, 1.807) is 4.52 Å². The van der Waals surface area contributed by atoms with Gasteiger partial charge in [-0.2, -0.15) is 4.98 Å². The van der Waals surface area contributed by atoms with Crippen LogP contribution < -0.4 is 10.2 Å². The van der Waals surface area contributed by atoms with Crippen LogP contribution in [0.5, 0.6) is 0 Å². The van der Waals surface area contributed by atoms with Gasteiger partial charge in [-0.25, -0.2) is 9.50 Å². The first-order valence-electron chi connectivity index (χ1n) is 10.3. The summed E-state index contributed by atoms with van der Waals surface area (Å²) in [7, 11) is 4.01. The molecule has 0 saturated carbocycles. The fourth-order valence-electron chi connectivity index (χ4n) is 3.26. The van der Waals surface area contributed by atoms with Crippen molar-refractivity contribution >= 4 is 29.1 Å². The Morgan fingerprint density at radius 3 is 2.57 bits per heavy atom. The van der Waals surface area contributed by atoms with Gasteiger partial charge in [0.05, 0.1) is 5.75 Å². The van der Waals surface area contributed by atoms with Gasteiger partial charge in [0.25, 0.3) is 5.78 Å². The molecule has 0 bridgehead atoms. The van der Waals surface area contributed by atoms with Crippen LogP contribution in [-0.2, 0) is 17.8 Å². The van der Waals surface area contributed by atoms with Crippen LogP contribution in [-0.4, -0.2) is 45.3 Å². The minimum atomic E-state index is -0.0416. The van der Waals surface area contributed by atoms with Gasteiger partial charge in [-0.1, -0.05) is 37.2 Å². The van der Waals surface area contributed by atoms with Crippen LogP contribution in [0.3, 0.4) is 0 Å². The average molecular weight is 427 g/mol. The number of rotatable bonds is 9. The van der Waals surface area contributed by atoms with Gasteiger partial charge in [-0.05, 0) is 49.9 Å². The molecule has 0 spiro atoms. The van der Waals surface area contributed by atoms with E-state index in [-0.39, 0.29) is 11.7 Å². The SMILES string of the molecule is CCCCc1c(C)nc2nc(SCC(=O)NCc3ccc(N(C)C)cc3)nn2c1C. The number of fused-ring (bicyclic) bond motifs is 1. The van der Waals surface area contributed by atoms with Gasteiger partial charge in [0, 0.05) is 37.7 Å². The number of unbranched alkanes of at least 4 members (excludes halogenated alkanes) is 1. The quantitative estimate of drug-likeness (QED) is 0.527. The van der Waals surface area contributed by atoms with Crippen molar-refractivity contribution in [1.82, 2.24) is 24.9 Å². The second-order valence-corrected chi connectivity index (χ2v) is 8.54. The molecule has 3 rings (SSSR count). The Balaban J connectivity index is 1.58. The molecule has 0 aliphatic carbocycles. The highest BCUT2D eigenvalue weighted by molar-refractivity contribution is 7.99. The van der Waals surface area contributed by atoms with E-state index in [0.717, 1.165) is 41.9 Å². The van der Waals surface area contributed by atoms with Crippen LogP contribution in [0.1, 0.15) is 42.3 Å². The first kappa shape index (κ1) is 22.1. The highest BCUT2D eigenvalue weighted by Crippen LogP contribution is 2.19. The second-order valence-electron chi connectivity index (χ2n) is 7.60. The van der Waals surface area contributed by atoms with Crippen LogP contribution in [0, 0.1) is 13.8 Å². The molecule has 7 nitrogen and oxygen atoms in total. The molecule has 30 heavy (non-hydrogen) atoms. The summed E-state index contributed by atoms with van der Waals surface area (Å²) < 4.78 is 1.80. The third kappa shape index (κ3) is 5.30. The van der Waals surface area contributed by atoms with Crippen LogP contribution >= 0.6 is 11.8 Å². The molecule has 8 heteroatoms. The summed E-state index contributed by atoms with van der Waals surface area (Å²) >= 11 is 1.33. The van der Waals surface area contributed by atoms with E-state index in [9.17, 15) is 4.79 Å². The van der Waals surface area contributed by atoms with Gasteiger partial charge in [0.15, 0.2) is 0 Å². The van der Waals surface area contributed by atoms with Crippen LogP contribution in [0.25, 0.3) is 5.78 Å². The molecule has 2 aromatic heterocycles. The molecule has 2 heterocycles. The summed E-state index contributed by atoms with van der Waals surface area (Å²) in [6.07, 6.45) is 3.27. The summed E-state index contributed by atoms with van der Waals surface area (Å²) in [5.41, 5.74) is 5.53. The molecular formula is C22H30N6OS. The normalized spacial score (nSPS) is 11.1. The number of aryl methyl sites for hydroxylation is 2. The number of hydrogen-bond acceptors (Lipinski definition) is 6. The van der Waals surface area contributed by atoms with Crippen molar-refractivity contribution in [1.29, 1.82) is 0 Å². The van der Waals surface area contributed by atoms with E-state index in [1.165, 1.54) is 17.3 Å². The Morgan fingerprint density at radius 2 is 1.90 bits per heavy atom. The number of thioether (sulfide) groups is 1. The van der Waals surface area contributed by atoms with E-state index in [4.69, 9.17) is 0 Å². The van der Waals surface area contributed by atoms with Gasteiger partial charge in [0.1, 0.15) is 0 Å². The number of benzene rings is 1. The highest BCUT2D eigenvalue weighted by atomic mass is 32.2. The fourth-order valence-corrected chi connectivity index (χ4v) is 3.91. The molecule has 1 aromatic carbocycles. The van der Waals surface area contributed by atoms with Crippen LogP contribution in [0.2, 0.25) is 0 Å². The third-order valence-electron chi connectivity index (χ3n) is 5.08. The van der Waals surface area contributed by atoms with E-state index >= 15 is 0 Å². The topological polar surface area (TPSA) is 75.4 Å². The average Bonchev–Trinajstić information content (AvgIpc) is 3.14. The van der Waals surface area contributed by atoms with Crippen molar-refractivity contribution in [3.8, 4) is 0 Å². The van der Waals surface area contributed by atoms with Gasteiger partial charge >= 0.3 is 0 Å². The number of carbonyl (C=O) groups is 1. The Morgan fingerprint density at radius 1 is 1.17 bits per heavy atom. The summed E-state index contributed by atoms with van der Waals surface area (Å²) in [6.45, 7) is 6.78. The van der Waals surface area contributed by atoms with Crippen LogP contribution in [0.15, 0.2) is 29.4 Å². The maximum absolute atomic E-state index is 12.3. The first-order valence-corrected chi connectivity index (χ1v) is 11.3. The van der Waals surface area contributed by atoms with Gasteiger partial charge in [0.2, 0.25) is 11.1 Å². The molecule has 1 N–H and O–H groups in total. The van der Waals surface area contributed by atoms with Crippen molar-refractivity contribution in [2.75, 3.05) is 24.7 Å². The van der Waals surface area contributed by atoms with Gasteiger partial charge in [-0.3, -0.25) is 4.79 Å². The van der Waals surface area contributed by atoms with E-state index in [1.807, 2.05) is 50.2 Å². The molecule has 0 saturated heterocycles. The lowest BCUT2D eigenvalue weighted by Gasteiger charge is -2.12. The zero-order valence-electron chi connectivity index (χ0n) is 18.4. The number of hydrogen-bond donors (Lipinski definition) is 1. The van der Waals surface area contributed by atoms with Crippen molar-refractivity contribution in [3.63, 3.8) is 0 Å². The Labute approximate surface area is 182 Å². The van der Waals surface area contributed by atoms with Gasteiger partial charge in [-0.15, -0.1) is 5.10 Å². The predicted molar refractivity (Wildman–Crippen MR) is 122 cm³/mol. The minimum Gasteiger partial charge on any atom is -0.378 e. The monoisotopic (exact) mass is 426 g/mol. The molecule has 0 aliphatic heterocycles. The smallest absolute Gasteiger partial charge is 0.253 e. The number of amides is 1. The Bertz CT molecular complexity index is 1010. The zero-order valence-corrected chi connectivity index (χ0v) is 19.2. The lowest BCUT2D eigenvalue weighted by atomic mass is 10.1. The lowest BCUT2D eigenvalue weighted by Crippen LogP contribution is -2.24. The second kappa shape index (κ2) is 9.93. The standard InChI is InChI=1S/C22H30N6OS/c1-6-7-8-19-15(2)24-21-25-22(26-28(21)16(19)3)30-14-20(29)23-13-17-9-11-18(12-10-17)27(4)5/h9-12H,6-8,13-14H2,1-5H3,(H,23,29). The molecule has 0 atom stereocenters. The first-order chi connectivity index (χ1) is 14.4. The largest absolute Gasteiger partial charge is 0.378 e. The molecule has 3 aromatic rings. The summed E-state index contributed by atoms with van der Waals surface area (Å²) in [5, 5.41) is 8.09. The summed E-state index contributed by atoms with van der Waals surface area (Å²) in [5.74, 6) is 0.821. The molecule has 160 valence electrons. The number of nitrogens with one attached hydrogen (secondary N) is 1. The molecule has 0 fully saturated rings. The van der Waals surface area contributed by atoms with Crippen molar-refractivity contribution in [2.24, 2.45) is 0 Å². The molecule has 0 aliphatic rings. The predicted octanol–water partition coefficient (Wildman–Crippen LogP) is 3.56. The molecule has 0 radical (unpaired) electrons. The maximum Gasteiger partial charge on any atom is 0.253 e. The lowest BCUT2D eigenvalue weighted by molar-refractivity contribution is -0.118. The highest BCUT2D eigenvalue weighted by Gasteiger charge is 2.14. The number of anilines is 1. The third-order valence-corrected chi connectivity index (χ3v) is 5.92. The zero-order chi connectivity index (χ0) is 21.7. The molecule has 1 amide bonds. The Kier molecular flexibility index (Phi) is 7.31. The number of nitrogens with zero attached hydrogens (tertiary/aromatic N) is 5. The van der Waals surface area contributed by atoms with Crippen molar-refractivity contribution in [3.05, 3.63) is 46.8 Å². The molecular weight excluding hydrogens is 396 g/mol. The Hall–Kier alpha value is -2.61. The van der Waals surface area contributed by atoms with Crippen molar-refractivity contribution < 1.29 is 4.79 Å². The summed E-state index contributed by atoms with van der Waals surface area (Å²) in [6, 6.07) is 8.14. The van der Waals surface area contributed by atoms with Gasteiger partial charge < -0.3 is 10.2 Å². The minimum absolute atomic E-state index is 0.0416. The van der Waals surface area contributed by atoms with Crippen molar-refractivity contribution in [2.45, 2.75) is 51.7 Å². The number of carbonyl (C=O) groups excluding carboxylic acids is 1. The van der Waals surface area contributed by atoms with E-state index in [2.05, 4.69) is 34.2 Å². The van der Waals surface area contributed by atoms with E-state index in [0.29, 0.717) is 17.5 Å². The number of aromatic nitrogens is 4. The summed E-state index contributed by atoms with van der Waals surface area (Å²) in [4.78, 5) is 23.4.